The molecule has 0 saturated carbocycles. The Labute approximate surface area is 161 Å². The number of amides is 1. The summed E-state index contributed by atoms with van der Waals surface area (Å²) in [5, 5.41) is 0.173. The van der Waals surface area contributed by atoms with E-state index in [9.17, 15) is 13.2 Å². The Bertz CT molecular complexity index is 773. The lowest BCUT2D eigenvalue weighted by Gasteiger charge is -2.31. The molecule has 7 heteroatoms. The van der Waals surface area contributed by atoms with Crippen LogP contribution in [0.3, 0.4) is 0 Å². The highest BCUT2D eigenvalue weighted by molar-refractivity contribution is 7.89. The number of benzene rings is 1. The van der Waals surface area contributed by atoms with Gasteiger partial charge in [0, 0.05) is 31.7 Å². The zero-order valence-corrected chi connectivity index (χ0v) is 17.0. The van der Waals surface area contributed by atoms with Crippen molar-refractivity contribution in [1.82, 2.24) is 9.21 Å². The molecule has 0 N–H and O–H groups in total. The van der Waals surface area contributed by atoms with Crippen LogP contribution in [0.4, 0.5) is 0 Å². The summed E-state index contributed by atoms with van der Waals surface area (Å²) in [4.78, 5) is 14.7. The van der Waals surface area contributed by atoms with Crippen molar-refractivity contribution in [2.24, 2.45) is 11.8 Å². The topological polar surface area (TPSA) is 57.7 Å². The van der Waals surface area contributed by atoms with Gasteiger partial charge in [-0.05, 0) is 55.7 Å². The molecule has 0 spiro atoms. The molecule has 2 heterocycles. The molecule has 1 aromatic rings. The summed E-state index contributed by atoms with van der Waals surface area (Å²) in [6, 6.07) is 4.61. The molecular formula is C19H27ClN2O3S. The minimum absolute atomic E-state index is 0.0458. The lowest BCUT2D eigenvalue weighted by molar-refractivity contribution is 0.0697. The molecule has 1 amide bonds. The molecule has 0 aliphatic carbocycles. The zero-order chi connectivity index (χ0) is 18.9. The van der Waals surface area contributed by atoms with E-state index in [0.717, 1.165) is 25.7 Å². The first-order chi connectivity index (χ1) is 12.3. The highest BCUT2D eigenvalue weighted by Crippen LogP contribution is 2.30. The van der Waals surface area contributed by atoms with Crippen molar-refractivity contribution in [2.45, 2.75) is 44.4 Å². The summed E-state index contributed by atoms with van der Waals surface area (Å²) in [7, 11) is -3.69. The van der Waals surface area contributed by atoms with Crippen LogP contribution in [0.1, 0.15) is 49.9 Å². The lowest BCUT2D eigenvalue weighted by Crippen LogP contribution is -2.39. The lowest BCUT2D eigenvalue weighted by atomic mass is 9.98. The standard InChI is InChI=1S/C19H27ClN2O3S/c1-14-7-10-21(11-8-14)19(23)16-5-6-17(20)18(12-16)26(24,25)22-9-3-4-15(2)13-22/h5-6,12,14-15H,3-4,7-11,13H2,1-2H3. The van der Waals surface area contributed by atoms with E-state index in [1.807, 2.05) is 4.90 Å². The Hall–Kier alpha value is -1.11. The predicted molar refractivity (Wildman–Crippen MR) is 103 cm³/mol. The first-order valence-corrected chi connectivity index (χ1v) is 11.2. The van der Waals surface area contributed by atoms with Crippen molar-refractivity contribution in [3.8, 4) is 0 Å². The normalized spacial score (nSPS) is 23.2. The van der Waals surface area contributed by atoms with Crippen molar-refractivity contribution >= 4 is 27.5 Å². The van der Waals surface area contributed by atoms with E-state index in [1.165, 1.54) is 16.4 Å². The van der Waals surface area contributed by atoms with Crippen molar-refractivity contribution < 1.29 is 13.2 Å². The predicted octanol–water partition coefficient (Wildman–Crippen LogP) is 3.63. The molecule has 1 aromatic carbocycles. The number of sulfonamides is 1. The minimum Gasteiger partial charge on any atom is -0.339 e. The molecule has 5 nitrogen and oxygen atoms in total. The van der Waals surface area contributed by atoms with E-state index in [4.69, 9.17) is 11.6 Å². The van der Waals surface area contributed by atoms with Gasteiger partial charge in [0.25, 0.3) is 5.91 Å². The van der Waals surface area contributed by atoms with Gasteiger partial charge in [-0.3, -0.25) is 4.79 Å². The number of hydrogen-bond acceptors (Lipinski definition) is 3. The van der Waals surface area contributed by atoms with Crippen LogP contribution in [0.25, 0.3) is 0 Å². The van der Waals surface area contributed by atoms with Gasteiger partial charge in [-0.15, -0.1) is 0 Å². The van der Waals surface area contributed by atoms with Gasteiger partial charge in [-0.2, -0.15) is 4.31 Å². The SMILES string of the molecule is CC1CCN(C(=O)c2ccc(Cl)c(S(=O)(=O)N3CCCC(C)C3)c2)CC1. The highest BCUT2D eigenvalue weighted by atomic mass is 35.5. The molecule has 0 aromatic heterocycles. The van der Waals surface area contributed by atoms with E-state index in [-0.39, 0.29) is 15.8 Å². The number of carbonyl (C=O) groups is 1. The maximum Gasteiger partial charge on any atom is 0.253 e. The number of piperidine rings is 2. The second-order valence-electron chi connectivity index (χ2n) is 7.73. The average molecular weight is 399 g/mol. The third-order valence-electron chi connectivity index (χ3n) is 5.49. The van der Waals surface area contributed by atoms with Gasteiger partial charge >= 0.3 is 0 Å². The minimum atomic E-state index is -3.69. The van der Waals surface area contributed by atoms with Gasteiger partial charge in [0.2, 0.25) is 10.0 Å². The summed E-state index contributed by atoms with van der Waals surface area (Å²) >= 11 is 6.22. The second-order valence-corrected chi connectivity index (χ2v) is 10.0. The Morgan fingerprint density at radius 2 is 1.77 bits per heavy atom. The molecule has 2 fully saturated rings. The van der Waals surface area contributed by atoms with Gasteiger partial charge in [0.15, 0.2) is 0 Å². The van der Waals surface area contributed by atoms with Crippen LogP contribution in [0.15, 0.2) is 23.1 Å². The van der Waals surface area contributed by atoms with Gasteiger partial charge in [0.1, 0.15) is 4.90 Å². The number of likely N-dealkylation sites (tertiary alicyclic amines) is 1. The Morgan fingerprint density at radius 3 is 2.42 bits per heavy atom. The Balaban J connectivity index is 1.86. The molecule has 2 aliphatic rings. The van der Waals surface area contributed by atoms with Crippen LogP contribution < -0.4 is 0 Å². The fourth-order valence-electron chi connectivity index (χ4n) is 3.73. The van der Waals surface area contributed by atoms with Crippen LogP contribution in [0, 0.1) is 11.8 Å². The molecule has 1 unspecified atom stereocenters. The quantitative estimate of drug-likeness (QED) is 0.781. The maximum absolute atomic E-state index is 13.1. The van der Waals surface area contributed by atoms with Crippen molar-refractivity contribution in [1.29, 1.82) is 0 Å². The molecule has 2 saturated heterocycles. The third kappa shape index (κ3) is 4.07. The summed E-state index contributed by atoms with van der Waals surface area (Å²) in [5.74, 6) is 0.843. The molecule has 26 heavy (non-hydrogen) atoms. The van der Waals surface area contributed by atoms with Crippen molar-refractivity contribution in [3.05, 3.63) is 28.8 Å². The van der Waals surface area contributed by atoms with Crippen LogP contribution in [0.2, 0.25) is 5.02 Å². The van der Waals surface area contributed by atoms with Crippen molar-refractivity contribution in [3.63, 3.8) is 0 Å². The average Bonchev–Trinajstić information content (AvgIpc) is 2.62. The molecule has 0 bridgehead atoms. The van der Waals surface area contributed by atoms with E-state index < -0.39 is 10.0 Å². The van der Waals surface area contributed by atoms with Gasteiger partial charge in [0.05, 0.1) is 5.02 Å². The van der Waals surface area contributed by atoms with Crippen LogP contribution in [-0.2, 0) is 10.0 Å². The first kappa shape index (κ1) is 19.6. The van der Waals surface area contributed by atoms with Crippen LogP contribution in [-0.4, -0.2) is 49.7 Å². The van der Waals surface area contributed by atoms with Crippen molar-refractivity contribution in [2.75, 3.05) is 26.2 Å². The highest BCUT2D eigenvalue weighted by Gasteiger charge is 2.31. The van der Waals surface area contributed by atoms with Gasteiger partial charge in [-0.25, -0.2) is 8.42 Å². The van der Waals surface area contributed by atoms with E-state index in [0.29, 0.717) is 43.6 Å². The van der Waals surface area contributed by atoms with Crippen LogP contribution >= 0.6 is 11.6 Å². The number of rotatable bonds is 3. The third-order valence-corrected chi connectivity index (χ3v) is 7.83. The molecule has 3 rings (SSSR count). The maximum atomic E-state index is 13.1. The van der Waals surface area contributed by atoms with E-state index in [1.54, 1.807) is 6.07 Å². The zero-order valence-electron chi connectivity index (χ0n) is 15.4. The number of carbonyl (C=O) groups excluding carboxylic acids is 1. The summed E-state index contributed by atoms with van der Waals surface area (Å²) in [5.41, 5.74) is 0.396. The van der Waals surface area contributed by atoms with E-state index >= 15 is 0 Å². The molecule has 0 radical (unpaired) electrons. The summed E-state index contributed by atoms with van der Waals surface area (Å²) in [6.45, 7) is 6.68. The number of nitrogens with zero attached hydrogens (tertiary/aromatic N) is 2. The Kier molecular flexibility index (Phi) is 5.94. The Morgan fingerprint density at radius 1 is 1.08 bits per heavy atom. The second kappa shape index (κ2) is 7.87. The van der Waals surface area contributed by atoms with Gasteiger partial charge in [-0.1, -0.05) is 25.4 Å². The number of halogens is 1. The van der Waals surface area contributed by atoms with Crippen LogP contribution in [0.5, 0.6) is 0 Å². The monoisotopic (exact) mass is 398 g/mol. The van der Waals surface area contributed by atoms with E-state index in [2.05, 4.69) is 13.8 Å². The number of hydrogen-bond donors (Lipinski definition) is 0. The fraction of sp³-hybridized carbons (Fsp3) is 0.632. The molecule has 2 aliphatic heterocycles. The largest absolute Gasteiger partial charge is 0.339 e. The fourth-order valence-corrected chi connectivity index (χ4v) is 5.83. The molecular weight excluding hydrogens is 372 g/mol. The first-order valence-electron chi connectivity index (χ1n) is 9.38. The summed E-state index contributed by atoms with van der Waals surface area (Å²) < 4.78 is 27.6. The summed E-state index contributed by atoms with van der Waals surface area (Å²) in [6.07, 6.45) is 3.85. The molecule has 1 atom stereocenters. The van der Waals surface area contributed by atoms with Gasteiger partial charge < -0.3 is 4.90 Å². The molecule has 144 valence electrons. The smallest absolute Gasteiger partial charge is 0.253 e.